The Hall–Kier alpha value is -0.0900. The van der Waals surface area contributed by atoms with Crippen LogP contribution in [0.3, 0.4) is 0 Å². The second kappa shape index (κ2) is 2.20. The average Bonchev–Trinajstić information content (AvgIpc) is 2.36. The molecule has 0 radical (unpaired) electrons. The van der Waals surface area contributed by atoms with E-state index in [1.54, 1.807) is 0 Å². The van der Waals surface area contributed by atoms with Crippen molar-refractivity contribution < 1.29 is 12.6 Å². The van der Waals surface area contributed by atoms with Crippen molar-refractivity contribution in [2.75, 3.05) is 6.26 Å². The van der Waals surface area contributed by atoms with E-state index in [0.717, 1.165) is 30.9 Å². The van der Waals surface area contributed by atoms with Gasteiger partial charge in [-0.25, -0.2) is 0 Å². The third-order valence-electron chi connectivity index (χ3n) is 2.51. The second-order valence-corrected chi connectivity index (χ2v) is 5.25. The first-order chi connectivity index (χ1) is 5.04. The topological polar surface area (TPSA) is 43.4 Å². The van der Waals surface area contributed by atoms with Crippen LogP contribution in [0.4, 0.5) is 0 Å². The lowest BCUT2D eigenvalue weighted by molar-refractivity contribution is 0.204. The highest BCUT2D eigenvalue weighted by molar-refractivity contribution is 7.86. The van der Waals surface area contributed by atoms with E-state index in [2.05, 4.69) is 0 Å². The fourth-order valence-electron chi connectivity index (χ4n) is 1.98. The van der Waals surface area contributed by atoms with Crippen molar-refractivity contribution in [3.05, 3.63) is 0 Å². The van der Waals surface area contributed by atoms with Crippen molar-refractivity contribution >= 4 is 10.1 Å². The number of hydrogen-bond donors (Lipinski definition) is 0. The van der Waals surface area contributed by atoms with Gasteiger partial charge in [0.15, 0.2) is 0 Å². The third-order valence-corrected chi connectivity index (χ3v) is 3.13. The Labute approximate surface area is 66.9 Å². The summed E-state index contributed by atoms with van der Waals surface area (Å²) in [6.45, 7) is 0. The number of rotatable bonds is 2. The Bertz CT molecular complexity index is 247. The van der Waals surface area contributed by atoms with Gasteiger partial charge in [0.1, 0.15) is 0 Å². The highest BCUT2D eigenvalue weighted by Gasteiger charge is 2.47. The summed E-state index contributed by atoms with van der Waals surface area (Å²) in [5.41, 5.74) is 0. The zero-order chi connectivity index (χ0) is 8.06. The predicted octanol–water partition coefficient (Wildman–Crippen LogP) is 0.761. The first-order valence-corrected chi connectivity index (χ1v) is 5.74. The van der Waals surface area contributed by atoms with Gasteiger partial charge >= 0.3 is 0 Å². The summed E-state index contributed by atoms with van der Waals surface area (Å²) in [7, 11) is -3.21. The van der Waals surface area contributed by atoms with Crippen LogP contribution in [0, 0.1) is 11.8 Å². The van der Waals surface area contributed by atoms with Crippen molar-refractivity contribution in [2.45, 2.75) is 25.4 Å². The number of hydrogen-bond acceptors (Lipinski definition) is 3. The van der Waals surface area contributed by atoms with Gasteiger partial charge in [-0.05, 0) is 31.1 Å². The summed E-state index contributed by atoms with van der Waals surface area (Å²) in [5, 5.41) is 0. The summed E-state index contributed by atoms with van der Waals surface area (Å²) < 4.78 is 26.2. The summed E-state index contributed by atoms with van der Waals surface area (Å²) >= 11 is 0. The molecule has 0 aliphatic heterocycles. The average molecular weight is 176 g/mol. The van der Waals surface area contributed by atoms with Gasteiger partial charge in [-0.15, -0.1) is 0 Å². The van der Waals surface area contributed by atoms with Crippen LogP contribution in [0.2, 0.25) is 0 Å². The minimum Gasteiger partial charge on any atom is -0.267 e. The Morgan fingerprint density at radius 1 is 1.18 bits per heavy atom. The molecular formula is C7H12O3S. The van der Waals surface area contributed by atoms with Crippen molar-refractivity contribution in [2.24, 2.45) is 11.8 Å². The maximum absolute atomic E-state index is 10.7. The van der Waals surface area contributed by atoms with Gasteiger partial charge in [0.2, 0.25) is 0 Å². The Kier molecular flexibility index (Phi) is 1.51. The standard InChI is InChI=1S/C7H12O3S/c1-11(8,9)10-7-3-5-2-6(5)4-7/h5-7H,2-4H2,1H3/t5-,6+,7?. The molecule has 11 heavy (non-hydrogen) atoms. The van der Waals surface area contributed by atoms with E-state index in [-0.39, 0.29) is 6.10 Å². The lowest BCUT2D eigenvalue weighted by Crippen LogP contribution is -2.15. The monoisotopic (exact) mass is 176 g/mol. The van der Waals surface area contributed by atoms with Gasteiger partial charge in [-0.2, -0.15) is 8.42 Å². The van der Waals surface area contributed by atoms with E-state index in [1.807, 2.05) is 0 Å². The number of fused-ring (bicyclic) bond motifs is 1. The fourth-order valence-corrected chi connectivity index (χ4v) is 2.64. The van der Waals surface area contributed by atoms with E-state index < -0.39 is 10.1 Å². The molecule has 0 aromatic heterocycles. The molecule has 0 saturated heterocycles. The molecule has 0 bridgehead atoms. The molecule has 2 aliphatic rings. The molecule has 2 saturated carbocycles. The SMILES string of the molecule is CS(=O)(=O)OC1C[C@@H]2C[C@@H]2C1. The molecule has 3 atom stereocenters. The molecule has 3 nitrogen and oxygen atoms in total. The lowest BCUT2D eigenvalue weighted by Gasteiger charge is -2.09. The highest BCUT2D eigenvalue weighted by atomic mass is 32.2. The summed E-state index contributed by atoms with van der Waals surface area (Å²) in [6, 6.07) is 0. The normalized spacial score (nSPS) is 42.1. The smallest absolute Gasteiger partial charge is 0.264 e. The van der Waals surface area contributed by atoms with Crippen LogP contribution in [0.5, 0.6) is 0 Å². The quantitative estimate of drug-likeness (QED) is 0.583. The molecule has 4 heteroatoms. The first-order valence-electron chi connectivity index (χ1n) is 3.93. The van der Waals surface area contributed by atoms with Crippen LogP contribution in [0.1, 0.15) is 19.3 Å². The molecule has 0 spiro atoms. The van der Waals surface area contributed by atoms with Gasteiger partial charge in [-0.3, -0.25) is 4.18 Å². The molecule has 2 fully saturated rings. The van der Waals surface area contributed by atoms with Crippen LogP contribution in [-0.4, -0.2) is 20.8 Å². The van der Waals surface area contributed by atoms with E-state index in [1.165, 1.54) is 6.42 Å². The maximum Gasteiger partial charge on any atom is 0.264 e. The third kappa shape index (κ3) is 1.73. The van der Waals surface area contributed by atoms with Crippen molar-refractivity contribution in [3.63, 3.8) is 0 Å². The summed E-state index contributed by atoms with van der Waals surface area (Å²) in [6.07, 6.45) is 4.32. The van der Waals surface area contributed by atoms with Crippen molar-refractivity contribution in [1.82, 2.24) is 0 Å². The molecular weight excluding hydrogens is 164 g/mol. The van der Waals surface area contributed by atoms with Crippen molar-refractivity contribution in [1.29, 1.82) is 0 Å². The zero-order valence-corrected chi connectivity index (χ0v) is 7.30. The van der Waals surface area contributed by atoms with Crippen LogP contribution >= 0.6 is 0 Å². The Morgan fingerprint density at radius 3 is 2.18 bits per heavy atom. The molecule has 64 valence electrons. The van der Waals surface area contributed by atoms with Gasteiger partial charge < -0.3 is 0 Å². The maximum atomic E-state index is 10.7. The fraction of sp³-hybridized carbons (Fsp3) is 1.00. The minimum absolute atomic E-state index is 0.00579. The van der Waals surface area contributed by atoms with E-state index in [0.29, 0.717) is 0 Å². The summed E-state index contributed by atoms with van der Waals surface area (Å²) in [4.78, 5) is 0. The summed E-state index contributed by atoms with van der Waals surface area (Å²) in [5.74, 6) is 1.56. The van der Waals surface area contributed by atoms with Crippen LogP contribution in [-0.2, 0) is 14.3 Å². The largest absolute Gasteiger partial charge is 0.267 e. The Morgan fingerprint density at radius 2 is 1.73 bits per heavy atom. The second-order valence-electron chi connectivity index (χ2n) is 3.65. The van der Waals surface area contributed by atoms with E-state index in [9.17, 15) is 8.42 Å². The van der Waals surface area contributed by atoms with E-state index in [4.69, 9.17) is 4.18 Å². The van der Waals surface area contributed by atoms with Crippen LogP contribution < -0.4 is 0 Å². The Balaban J connectivity index is 1.89. The molecule has 1 unspecified atom stereocenters. The van der Waals surface area contributed by atoms with E-state index >= 15 is 0 Å². The van der Waals surface area contributed by atoms with Gasteiger partial charge in [0, 0.05) is 0 Å². The molecule has 2 aliphatic carbocycles. The molecule has 2 rings (SSSR count). The van der Waals surface area contributed by atoms with Crippen LogP contribution in [0.25, 0.3) is 0 Å². The lowest BCUT2D eigenvalue weighted by atomic mass is 10.2. The minimum atomic E-state index is -3.21. The zero-order valence-electron chi connectivity index (χ0n) is 6.49. The van der Waals surface area contributed by atoms with Crippen LogP contribution in [0.15, 0.2) is 0 Å². The first kappa shape index (κ1) is 7.55. The molecule has 0 heterocycles. The predicted molar refractivity (Wildman–Crippen MR) is 40.5 cm³/mol. The van der Waals surface area contributed by atoms with Gasteiger partial charge in [0.05, 0.1) is 12.4 Å². The van der Waals surface area contributed by atoms with Gasteiger partial charge in [-0.1, -0.05) is 0 Å². The molecule has 0 aromatic rings. The van der Waals surface area contributed by atoms with Gasteiger partial charge in [0.25, 0.3) is 10.1 Å². The van der Waals surface area contributed by atoms with Crippen molar-refractivity contribution in [3.8, 4) is 0 Å². The molecule has 0 amide bonds. The molecule has 0 N–H and O–H groups in total. The highest BCUT2D eigenvalue weighted by Crippen LogP contribution is 2.52. The molecule has 0 aromatic carbocycles.